The number of rotatable bonds is 8. The van der Waals surface area contributed by atoms with Crippen LogP contribution in [0.15, 0.2) is 40.9 Å². The van der Waals surface area contributed by atoms with E-state index < -0.39 is 42.4 Å². The minimum atomic E-state index is -3.88. The normalized spacial score (nSPS) is 13.8. The van der Waals surface area contributed by atoms with Gasteiger partial charge in [0.2, 0.25) is 5.82 Å². The molecule has 2 aromatic carbocycles. The first-order valence-corrected chi connectivity index (χ1v) is 10.9. The zero-order chi connectivity index (χ0) is 22.8. The first-order valence-electron chi connectivity index (χ1n) is 8.67. The summed E-state index contributed by atoms with van der Waals surface area (Å²) in [6.45, 7) is 1.50. The van der Waals surface area contributed by atoms with E-state index in [1.807, 2.05) is 0 Å². The van der Waals surface area contributed by atoms with Gasteiger partial charge in [0.05, 0.1) is 18.5 Å². The molecule has 0 aliphatic heterocycles. The molecule has 0 aliphatic rings. The third kappa shape index (κ3) is 5.61. The molecule has 1 N–H and O–H groups in total. The zero-order valence-electron chi connectivity index (χ0n) is 15.7. The monoisotopic (exact) mass is 481 g/mol. The van der Waals surface area contributed by atoms with Crippen LogP contribution in [0.25, 0.3) is 11.4 Å². The maximum absolute atomic E-state index is 14.6. The fourth-order valence-corrected chi connectivity index (χ4v) is 4.57. The summed E-state index contributed by atoms with van der Waals surface area (Å²) in [6, 6.07) is 6.02. The van der Waals surface area contributed by atoms with Crippen LogP contribution in [0, 0.1) is 17.5 Å². The summed E-state index contributed by atoms with van der Waals surface area (Å²) in [5.41, 5.74) is -0.362. The molecule has 0 saturated carbocycles. The number of alkyl halides is 3. The van der Waals surface area contributed by atoms with Crippen molar-refractivity contribution in [3.63, 3.8) is 0 Å². The van der Waals surface area contributed by atoms with E-state index in [0.717, 1.165) is 18.2 Å². The van der Waals surface area contributed by atoms with Crippen LogP contribution in [0.5, 0.6) is 0 Å². The van der Waals surface area contributed by atoms with Crippen LogP contribution < -0.4 is 5.09 Å². The second kappa shape index (κ2) is 8.94. The third-order valence-electron chi connectivity index (χ3n) is 3.92. The molecule has 0 saturated heterocycles. The van der Waals surface area contributed by atoms with Gasteiger partial charge in [-0.2, -0.15) is 13.8 Å². The van der Waals surface area contributed by atoms with Gasteiger partial charge in [-0.1, -0.05) is 17.3 Å². The molecule has 31 heavy (non-hydrogen) atoms. The molecule has 0 bridgehead atoms. The Morgan fingerprint density at radius 3 is 2.48 bits per heavy atom. The Morgan fingerprint density at radius 1 is 1.16 bits per heavy atom. The Kier molecular flexibility index (Phi) is 6.68. The average molecular weight is 482 g/mol. The molecular weight excluding hydrogens is 468 g/mol. The van der Waals surface area contributed by atoms with E-state index >= 15 is 0 Å². The van der Waals surface area contributed by atoms with Crippen molar-refractivity contribution >= 4 is 24.8 Å². The highest BCUT2D eigenvalue weighted by atomic mass is 35.5. The first kappa shape index (κ1) is 23.2. The molecule has 1 unspecified atom stereocenters. The van der Waals surface area contributed by atoms with Gasteiger partial charge in [-0.3, -0.25) is 4.57 Å². The quantitative estimate of drug-likeness (QED) is 0.232. The predicted molar refractivity (Wildman–Crippen MR) is 102 cm³/mol. The number of nitrogens with one attached hydrogen (secondary N) is 1. The van der Waals surface area contributed by atoms with Crippen molar-refractivity contribution in [2.45, 2.75) is 18.5 Å². The molecule has 1 heterocycles. The van der Waals surface area contributed by atoms with Crippen LogP contribution in [0.1, 0.15) is 18.4 Å². The highest BCUT2D eigenvalue weighted by Crippen LogP contribution is 2.50. The molecule has 0 amide bonds. The first-order chi connectivity index (χ1) is 14.5. The lowest BCUT2D eigenvalue weighted by atomic mass is 10.1. The van der Waals surface area contributed by atoms with E-state index in [-0.39, 0.29) is 29.2 Å². The van der Waals surface area contributed by atoms with E-state index in [1.54, 1.807) is 0 Å². The molecule has 6 nitrogen and oxygen atoms in total. The van der Waals surface area contributed by atoms with Gasteiger partial charge in [0.25, 0.3) is 7.52 Å². The summed E-state index contributed by atoms with van der Waals surface area (Å²) in [6.07, 6.45) is -0.485. The van der Waals surface area contributed by atoms with Crippen molar-refractivity contribution in [1.82, 2.24) is 10.1 Å². The number of hydrogen-bond donors (Lipinski definition) is 1. The van der Waals surface area contributed by atoms with Crippen LogP contribution in [0.2, 0.25) is 0 Å². The Hall–Kier alpha value is -2.49. The zero-order valence-corrected chi connectivity index (χ0v) is 17.4. The van der Waals surface area contributed by atoms with E-state index in [9.17, 15) is 26.5 Å². The lowest BCUT2D eigenvalue weighted by molar-refractivity contribution is 0.0551. The lowest BCUT2D eigenvalue weighted by Gasteiger charge is -2.21. The number of nitrogens with zero attached hydrogens (tertiary/aromatic N) is 2. The maximum Gasteiger partial charge on any atom is 0.400 e. The Balaban J connectivity index is 1.85. The number of hydrogen-bond acceptors (Lipinski definition) is 5. The lowest BCUT2D eigenvalue weighted by Crippen LogP contribution is -2.07. The number of aromatic nitrogens is 2. The van der Waals surface area contributed by atoms with Crippen LogP contribution >= 0.6 is 19.1 Å². The van der Waals surface area contributed by atoms with Crippen LogP contribution in [0.4, 0.5) is 27.6 Å². The molecule has 166 valence electrons. The van der Waals surface area contributed by atoms with Crippen molar-refractivity contribution in [2.75, 3.05) is 11.7 Å². The minimum Gasteiger partial charge on any atom is -0.331 e. The van der Waals surface area contributed by atoms with E-state index in [1.165, 1.54) is 19.1 Å². The van der Waals surface area contributed by atoms with Crippen LogP contribution in [-0.4, -0.2) is 16.7 Å². The molecule has 1 atom stereocenters. The van der Waals surface area contributed by atoms with E-state index in [2.05, 4.69) is 19.8 Å². The number of anilines is 1. The third-order valence-corrected chi connectivity index (χ3v) is 6.09. The topological polar surface area (TPSA) is 77.2 Å². The maximum atomic E-state index is 14.6. The standard InChI is InChI=1S/C18H14ClF5N3O3P/c1-2-29-31(28,27-15-6-5-12(20)8-14(15)22)9-11-4-3-10(7-13(11)21)16-25-17(30-26-16)18(19,23)24/h3-8H,2,9H2,1H3,(H,27,28). The van der Waals surface area contributed by atoms with E-state index in [0.29, 0.717) is 6.07 Å². The van der Waals surface area contributed by atoms with Gasteiger partial charge < -0.3 is 14.1 Å². The second-order valence-corrected chi connectivity index (χ2v) is 8.83. The Morgan fingerprint density at radius 2 is 1.90 bits per heavy atom. The summed E-state index contributed by atoms with van der Waals surface area (Å²) < 4.78 is 90.3. The Bertz CT molecular complexity index is 1140. The van der Waals surface area contributed by atoms with Gasteiger partial charge in [0.1, 0.15) is 17.5 Å². The van der Waals surface area contributed by atoms with Crippen molar-refractivity contribution in [3.8, 4) is 11.4 Å². The van der Waals surface area contributed by atoms with Crippen LogP contribution in [-0.2, 0) is 20.6 Å². The van der Waals surface area contributed by atoms with Gasteiger partial charge in [0, 0.05) is 11.6 Å². The molecule has 0 radical (unpaired) electrons. The smallest absolute Gasteiger partial charge is 0.331 e. The molecule has 0 fully saturated rings. The van der Waals surface area contributed by atoms with Crippen molar-refractivity contribution in [2.24, 2.45) is 0 Å². The van der Waals surface area contributed by atoms with Gasteiger partial charge >= 0.3 is 11.3 Å². The molecule has 3 aromatic rings. The summed E-state index contributed by atoms with van der Waals surface area (Å²) in [7, 11) is -3.86. The minimum absolute atomic E-state index is 0.000877. The van der Waals surface area contributed by atoms with Gasteiger partial charge in [-0.15, -0.1) is 0 Å². The van der Waals surface area contributed by atoms with Crippen molar-refractivity contribution in [3.05, 3.63) is 65.3 Å². The Labute approximate surface area is 177 Å². The molecule has 0 aliphatic carbocycles. The fourth-order valence-electron chi connectivity index (χ4n) is 2.58. The average Bonchev–Trinajstić information content (AvgIpc) is 3.17. The second-order valence-electron chi connectivity index (χ2n) is 6.21. The number of halogens is 6. The highest BCUT2D eigenvalue weighted by Gasteiger charge is 2.36. The van der Waals surface area contributed by atoms with Gasteiger partial charge in [0.15, 0.2) is 0 Å². The van der Waals surface area contributed by atoms with Crippen molar-refractivity contribution in [1.29, 1.82) is 0 Å². The SMILES string of the molecule is CCOP(=O)(Cc1ccc(-c2noc(C(F)(F)Cl)n2)cc1F)Nc1ccc(F)cc1F. The summed E-state index contributed by atoms with van der Waals surface area (Å²) in [4.78, 5) is 3.41. The summed E-state index contributed by atoms with van der Waals surface area (Å²) in [5.74, 6) is -4.18. The number of benzene rings is 2. The largest absolute Gasteiger partial charge is 0.400 e. The summed E-state index contributed by atoms with van der Waals surface area (Å²) in [5, 5.41) is 1.82. The van der Waals surface area contributed by atoms with Gasteiger partial charge in [-0.05, 0) is 42.3 Å². The van der Waals surface area contributed by atoms with Gasteiger partial charge in [-0.25, -0.2) is 13.2 Å². The molecule has 13 heteroatoms. The van der Waals surface area contributed by atoms with E-state index in [4.69, 9.17) is 16.1 Å². The summed E-state index contributed by atoms with van der Waals surface area (Å²) >= 11 is 4.80. The molecule has 3 rings (SSSR count). The predicted octanol–water partition coefficient (Wildman–Crippen LogP) is 6.28. The molecular formula is C18H14ClF5N3O3P. The molecule has 0 spiro atoms. The van der Waals surface area contributed by atoms with Crippen LogP contribution in [0.3, 0.4) is 0 Å². The molecule has 1 aromatic heterocycles. The fraction of sp³-hybridized carbons (Fsp3) is 0.222. The highest BCUT2D eigenvalue weighted by molar-refractivity contribution is 7.59. The van der Waals surface area contributed by atoms with Crippen molar-refractivity contribution < 1.29 is 35.6 Å².